The fourth-order valence-electron chi connectivity index (χ4n) is 3.09. The zero-order chi connectivity index (χ0) is 19.7. The molecule has 142 valence electrons. The minimum Gasteiger partial charge on any atom is -0.350 e. The first-order chi connectivity index (χ1) is 12.8. The van der Waals surface area contributed by atoms with E-state index >= 15 is 0 Å². The van der Waals surface area contributed by atoms with Crippen molar-refractivity contribution in [2.75, 3.05) is 18.5 Å². The van der Waals surface area contributed by atoms with Crippen LogP contribution in [0, 0.1) is 19.7 Å². The molecule has 0 bridgehead atoms. The van der Waals surface area contributed by atoms with Crippen LogP contribution in [0.15, 0.2) is 30.3 Å². The van der Waals surface area contributed by atoms with Gasteiger partial charge in [0, 0.05) is 24.3 Å². The highest BCUT2D eigenvalue weighted by Gasteiger charge is 2.40. The number of pyridine rings is 1. The number of anilines is 1. The molecule has 2 heterocycles. The quantitative estimate of drug-likeness (QED) is 0.872. The minimum absolute atomic E-state index is 0.154. The van der Waals surface area contributed by atoms with E-state index in [1.165, 1.54) is 23.1 Å². The van der Waals surface area contributed by atoms with Crippen molar-refractivity contribution in [3.63, 3.8) is 0 Å². The van der Waals surface area contributed by atoms with Crippen LogP contribution in [-0.2, 0) is 11.3 Å². The summed E-state index contributed by atoms with van der Waals surface area (Å²) in [5.41, 5.74) is 2.89. The van der Waals surface area contributed by atoms with Gasteiger partial charge in [-0.3, -0.25) is 14.7 Å². The second-order valence-electron chi connectivity index (χ2n) is 6.53. The van der Waals surface area contributed by atoms with E-state index in [0.29, 0.717) is 11.3 Å². The van der Waals surface area contributed by atoms with Crippen LogP contribution in [0.25, 0.3) is 0 Å². The first-order valence-corrected chi connectivity index (χ1v) is 8.86. The summed E-state index contributed by atoms with van der Waals surface area (Å²) in [4.78, 5) is 32.5. The van der Waals surface area contributed by atoms with E-state index < -0.39 is 11.9 Å². The standard InChI is InChI=1S/C19H20ClFN4O2/c1-11-4-7-16(12(2)23-11)25-10-17(24(3)19(25)27)18(26)22-9-13-5-6-14(21)8-15(13)20/h4-8,17H,9-10H2,1-3H3,(H,22,26)/t17-/m0/s1. The van der Waals surface area contributed by atoms with Crippen LogP contribution in [0.5, 0.6) is 0 Å². The Kier molecular flexibility index (Phi) is 5.32. The second kappa shape index (κ2) is 7.52. The van der Waals surface area contributed by atoms with Gasteiger partial charge in [-0.05, 0) is 43.7 Å². The van der Waals surface area contributed by atoms with Gasteiger partial charge in [0.1, 0.15) is 11.9 Å². The van der Waals surface area contributed by atoms with Crippen molar-refractivity contribution in [1.29, 1.82) is 0 Å². The Balaban J connectivity index is 1.71. The van der Waals surface area contributed by atoms with Crippen LogP contribution < -0.4 is 10.2 Å². The maximum atomic E-state index is 13.1. The number of likely N-dealkylation sites (N-methyl/N-ethyl adjacent to an activating group) is 1. The average molecular weight is 391 g/mol. The predicted molar refractivity (Wildman–Crippen MR) is 101 cm³/mol. The number of nitrogens with one attached hydrogen (secondary N) is 1. The number of aromatic nitrogens is 1. The van der Waals surface area contributed by atoms with Crippen molar-refractivity contribution in [2.24, 2.45) is 0 Å². The molecule has 0 aliphatic carbocycles. The molecule has 2 aromatic rings. The molecule has 1 aromatic carbocycles. The molecule has 0 radical (unpaired) electrons. The van der Waals surface area contributed by atoms with E-state index in [1.807, 2.05) is 26.0 Å². The van der Waals surface area contributed by atoms with Gasteiger partial charge in [-0.2, -0.15) is 0 Å². The molecule has 0 unspecified atom stereocenters. The number of nitrogens with zero attached hydrogens (tertiary/aromatic N) is 3. The maximum Gasteiger partial charge on any atom is 0.325 e. The molecule has 1 N–H and O–H groups in total. The monoisotopic (exact) mass is 390 g/mol. The third kappa shape index (κ3) is 3.88. The summed E-state index contributed by atoms with van der Waals surface area (Å²) in [7, 11) is 1.59. The molecule has 1 fully saturated rings. The summed E-state index contributed by atoms with van der Waals surface area (Å²) in [6, 6.07) is 6.77. The van der Waals surface area contributed by atoms with Crippen LogP contribution in [-0.4, -0.2) is 41.5 Å². The number of hydrogen-bond acceptors (Lipinski definition) is 3. The van der Waals surface area contributed by atoms with E-state index in [-0.39, 0.29) is 30.1 Å². The number of benzene rings is 1. The number of halogens is 2. The lowest BCUT2D eigenvalue weighted by Gasteiger charge is -2.18. The van der Waals surface area contributed by atoms with Crippen molar-refractivity contribution in [1.82, 2.24) is 15.2 Å². The maximum absolute atomic E-state index is 13.1. The summed E-state index contributed by atoms with van der Waals surface area (Å²) in [6.45, 7) is 4.09. The van der Waals surface area contributed by atoms with Crippen molar-refractivity contribution >= 4 is 29.2 Å². The van der Waals surface area contributed by atoms with E-state index in [4.69, 9.17) is 11.6 Å². The second-order valence-corrected chi connectivity index (χ2v) is 6.94. The number of carbonyl (C=O) groups is 2. The van der Waals surface area contributed by atoms with E-state index in [2.05, 4.69) is 10.3 Å². The van der Waals surface area contributed by atoms with Crippen molar-refractivity contribution in [2.45, 2.75) is 26.4 Å². The molecule has 6 nitrogen and oxygen atoms in total. The Hall–Kier alpha value is -2.67. The zero-order valence-corrected chi connectivity index (χ0v) is 16.0. The first-order valence-electron chi connectivity index (χ1n) is 8.48. The number of carbonyl (C=O) groups excluding carboxylic acids is 2. The molecule has 1 aliphatic rings. The normalized spacial score (nSPS) is 16.8. The molecule has 1 saturated heterocycles. The highest BCUT2D eigenvalue weighted by Crippen LogP contribution is 2.26. The fourth-order valence-corrected chi connectivity index (χ4v) is 3.32. The number of hydrogen-bond donors (Lipinski definition) is 1. The van der Waals surface area contributed by atoms with Gasteiger partial charge in [0.25, 0.3) is 0 Å². The molecule has 8 heteroatoms. The predicted octanol–water partition coefficient (Wildman–Crippen LogP) is 3.05. The third-order valence-electron chi connectivity index (χ3n) is 4.61. The average Bonchev–Trinajstić information content (AvgIpc) is 2.90. The minimum atomic E-state index is -0.641. The molecule has 0 saturated carbocycles. The summed E-state index contributed by atoms with van der Waals surface area (Å²) >= 11 is 5.99. The van der Waals surface area contributed by atoms with Crippen LogP contribution in [0.1, 0.15) is 17.0 Å². The lowest BCUT2D eigenvalue weighted by atomic mass is 10.2. The van der Waals surface area contributed by atoms with E-state index in [9.17, 15) is 14.0 Å². The molecule has 1 aliphatic heterocycles. The van der Waals surface area contributed by atoms with Gasteiger partial charge in [0.15, 0.2) is 0 Å². The lowest BCUT2D eigenvalue weighted by Crippen LogP contribution is -2.43. The fraction of sp³-hybridized carbons (Fsp3) is 0.316. The molecular weight excluding hydrogens is 371 g/mol. The Morgan fingerprint density at radius 3 is 2.74 bits per heavy atom. The number of urea groups is 1. The third-order valence-corrected chi connectivity index (χ3v) is 4.97. The van der Waals surface area contributed by atoms with Gasteiger partial charge in [-0.15, -0.1) is 0 Å². The zero-order valence-electron chi connectivity index (χ0n) is 15.3. The molecule has 1 aromatic heterocycles. The highest BCUT2D eigenvalue weighted by molar-refractivity contribution is 6.31. The summed E-state index contributed by atoms with van der Waals surface area (Å²) in [5.74, 6) is -0.736. The summed E-state index contributed by atoms with van der Waals surface area (Å²) in [5, 5.41) is 3.01. The van der Waals surface area contributed by atoms with E-state index in [0.717, 1.165) is 11.4 Å². The number of rotatable bonds is 4. The SMILES string of the molecule is Cc1ccc(N2C[C@@H](C(=O)NCc3ccc(F)cc3Cl)N(C)C2=O)c(C)n1. The van der Waals surface area contributed by atoms with Crippen LogP contribution in [0.3, 0.4) is 0 Å². The largest absolute Gasteiger partial charge is 0.350 e. The van der Waals surface area contributed by atoms with Crippen molar-refractivity contribution < 1.29 is 14.0 Å². The number of aryl methyl sites for hydroxylation is 2. The Morgan fingerprint density at radius 1 is 1.33 bits per heavy atom. The van der Waals surface area contributed by atoms with Gasteiger partial charge < -0.3 is 10.2 Å². The molecule has 3 amide bonds. The highest BCUT2D eigenvalue weighted by atomic mass is 35.5. The Bertz CT molecular complexity index is 905. The van der Waals surface area contributed by atoms with Crippen molar-refractivity contribution in [3.8, 4) is 0 Å². The van der Waals surface area contributed by atoms with Gasteiger partial charge in [-0.1, -0.05) is 17.7 Å². The van der Waals surface area contributed by atoms with Gasteiger partial charge in [-0.25, -0.2) is 9.18 Å². The van der Waals surface area contributed by atoms with Crippen LogP contribution >= 0.6 is 11.6 Å². The van der Waals surface area contributed by atoms with Crippen LogP contribution in [0.2, 0.25) is 5.02 Å². The summed E-state index contributed by atoms with van der Waals surface area (Å²) < 4.78 is 13.1. The topological polar surface area (TPSA) is 65.5 Å². The van der Waals surface area contributed by atoms with Crippen molar-refractivity contribution in [3.05, 3.63) is 58.1 Å². The molecule has 27 heavy (non-hydrogen) atoms. The number of amides is 3. The van der Waals surface area contributed by atoms with Gasteiger partial charge in [0.2, 0.25) is 5.91 Å². The Labute approximate surface area is 161 Å². The smallest absolute Gasteiger partial charge is 0.325 e. The molecule has 1 atom stereocenters. The Morgan fingerprint density at radius 2 is 2.07 bits per heavy atom. The molecule has 0 spiro atoms. The summed E-state index contributed by atoms with van der Waals surface area (Å²) in [6.07, 6.45) is 0. The lowest BCUT2D eigenvalue weighted by molar-refractivity contribution is -0.124. The van der Waals surface area contributed by atoms with Gasteiger partial charge in [0.05, 0.1) is 17.9 Å². The first kappa shape index (κ1) is 19.1. The molecular formula is C19H20ClFN4O2. The van der Waals surface area contributed by atoms with Crippen LogP contribution in [0.4, 0.5) is 14.9 Å². The van der Waals surface area contributed by atoms with Gasteiger partial charge >= 0.3 is 6.03 Å². The molecule has 3 rings (SSSR count). The van der Waals surface area contributed by atoms with E-state index in [1.54, 1.807) is 11.9 Å².